The predicted molar refractivity (Wildman–Crippen MR) is 95.5 cm³/mol. The van der Waals surface area contributed by atoms with Gasteiger partial charge in [0.25, 0.3) is 0 Å². The molecule has 18 nitrogen and oxygen atoms in total. The van der Waals surface area contributed by atoms with Gasteiger partial charge in [-0.1, -0.05) is 0 Å². The molecule has 8 N–H and O–H groups in total. The molecule has 0 unspecified atom stereocenters. The van der Waals surface area contributed by atoms with Crippen molar-refractivity contribution in [2.24, 2.45) is 0 Å². The fourth-order valence-corrected chi connectivity index (χ4v) is 4.30. The van der Waals surface area contributed by atoms with Crippen molar-refractivity contribution in [3.05, 3.63) is 12.7 Å². The Morgan fingerprint density at radius 2 is 1.58 bits per heavy atom. The molecule has 1 fully saturated rings. The smallest absolute Gasteiger partial charge is 0.382 e. The maximum Gasteiger partial charge on any atom is 0.470 e. The Balaban J connectivity index is 2.06. The molecule has 0 aliphatic carbocycles. The zero-order valence-corrected chi connectivity index (χ0v) is 17.6. The van der Waals surface area contributed by atoms with E-state index in [-0.39, 0.29) is 17.0 Å². The molecule has 31 heavy (non-hydrogen) atoms. The first kappa shape index (κ1) is 24.3. The summed E-state index contributed by atoms with van der Waals surface area (Å²) in [5.74, 6) is -0.0568. The molecule has 0 bridgehead atoms. The maximum atomic E-state index is 11.5. The number of nitrogen functional groups attached to an aromatic ring is 1. The molecule has 174 valence electrons. The molecule has 2 aromatic heterocycles. The van der Waals surface area contributed by atoms with E-state index in [4.69, 9.17) is 20.3 Å². The Morgan fingerprint density at radius 1 is 0.968 bits per heavy atom. The lowest BCUT2D eigenvalue weighted by atomic mass is 10.1. The highest BCUT2D eigenvalue weighted by molar-refractivity contribution is 7.46. The minimum Gasteiger partial charge on any atom is -0.382 e. The van der Waals surface area contributed by atoms with Crippen molar-refractivity contribution < 1.29 is 61.4 Å². The maximum absolute atomic E-state index is 11.5. The van der Waals surface area contributed by atoms with E-state index >= 15 is 0 Å². The fraction of sp³-hybridized carbons (Fsp3) is 0.500. The number of anilines is 1. The Kier molecular flexibility index (Phi) is 6.68. The van der Waals surface area contributed by atoms with Gasteiger partial charge in [0, 0.05) is 0 Å². The average molecular weight is 507 g/mol. The molecule has 21 heteroatoms. The van der Waals surface area contributed by atoms with Crippen LogP contribution in [-0.2, 0) is 32.0 Å². The highest BCUT2D eigenvalue weighted by Gasteiger charge is 2.53. The average Bonchev–Trinajstić information content (AvgIpc) is 3.13. The van der Waals surface area contributed by atoms with Gasteiger partial charge in [0.1, 0.15) is 30.2 Å². The van der Waals surface area contributed by atoms with Gasteiger partial charge in [-0.3, -0.25) is 18.1 Å². The number of fused-ring (bicyclic) bond motifs is 1. The van der Waals surface area contributed by atoms with Crippen LogP contribution < -0.4 is 5.73 Å². The zero-order chi connectivity index (χ0) is 23.2. The Bertz CT molecular complexity index is 1090. The Morgan fingerprint density at radius 3 is 2.16 bits per heavy atom. The number of ether oxygens (including phenoxy) is 1. The number of hydrogen-bond donors (Lipinski definition) is 7. The van der Waals surface area contributed by atoms with Crippen LogP contribution in [-0.4, -0.2) is 73.8 Å². The van der Waals surface area contributed by atoms with Gasteiger partial charge in [0.2, 0.25) is 0 Å². The minimum atomic E-state index is -5.31. The molecular formula is C10H16N5O13P3. The van der Waals surface area contributed by atoms with Gasteiger partial charge in [0.05, 0.1) is 12.9 Å². The van der Waals surface area contributed by atoms with Crippen LogP contribution in [0.1, 0.15) is 6.23 Å². The van der Waals surface area contributed by atoms with Crippen LogP contribution in [0.5, 0.6) is 0 Å². The number of nitrogens with zero attached hydrogens (tertiary/aromatic N) is 4. The third-order valence-corrected chi connectivity index (χ3v) is 5.39. The normalized spacial score (nSPS) is 25.4. The van der Waals surface area contributed by atoms with Crippen molar-refractivity contribution in [3.8, 4) is 0 Å². The quantitative estimate of drug-likeness (QED) is 0.197. The van der Waals surface area contributed by atoms with Crippen LogP contribution in [0.2, 0.25) is 0 Å². The minimum absolute atomic E-state index is 0.0108. The van der Waals surface area contributed by atoms with Crippen molar-refractivity contribution in [2.45, 2.75) is 24.5 Å². The Labute approximate surface area is 171 Å². The summed E-state index contributed by atoms with van der Waals surface area (Å²) in [5.41, 5.74) is 5.73. The molecule has 0 aromatic carbocycles. The van der Waals surface area contributed by atoms with Crippen molar-refractivity contribution in [1.82, 2.24) is 19.5 Å². The first-order chi connectivity index (χ1) is 14.1. The highest BCUT2D eigenvalue weighted by Crippen LogP contribution is 2.50. The summed E-state index contributed by atoms with van der Waals surface area (Å²) >= 11 is 0. The second-order valence-electron chi connectivity index (χ2n) is 6.06. The summed E-state index contributed by atoms with van der Waals surface area (Å²) in [5, 5.41) is 0. The van der Waals surface area contributed by atoms with E-state index in [0.29, 0.717) is 0 Å². The standard InChI is InChI=1S/C10H16N5O13P3/c11-8-5-9(13-2-12-8)15(3-14-5)10-7(28-31(22,23)24)6(27-30(19,20)21)4(26-10)1-25-29(16,17)18/h2-4,6-7,10H,1H2,(H2,11,12,13)(H2,16,17,18)(H2,19,20,21)(H2,22,23,24)/t4-,6-,7-,10-/m0/s1. The predicted octanol–water partition coefficient (Wildman–Crippen LogP) is -1.63. The molecule has 1 aliphatic heterocycles. The third kappa shape index (κ3) is 6.12. The molecule has 2 aromatic rings. The number of phosphoric ester groups is 3. The van der Waals surface area contributed by atoms with Crippen molar-refractivity contribution in [2.75, 3.05) is 12.3 Å². The van der Waals surface area contributed by atoms with E-state index in [0.717, 1.165) is 17.2 Å². The van der Waals surface area contributed by atoms with Crippen LogP contribution in [0.3, 0.4) is 0 Å². The van der Waals surface area contributed by atoms with Crippen molar-refractivity contribution >= 4 is 40.4 Å². The first-order valence-corrected chi connectivity index (χ1v) is 12.5. The molecule has 0 spiro atoms. The molecule has 3 heterocycles. The van der Waals surface area contributed by atoms with Crippen LogP contribution >= 0.6 is 23.5 Å². The van der Waals surface area contributed by atoms with Gasteiger partial charge in [-0.2, -0.15) is 0 Å². The van der Waals surface area contributed by atoms with Gasteiger partial charge in [0.15, 0.2) is 17.7 Å². The van der Waals surface area contributed by atoms with E-state index in [1.165, 1.54) is 0 Å². The van der Waals surface area contributed by atoms with Gasteiger partial charge in [-0.25, -0.2) is 28.6 Å². The van der Waals surface area contributed by atoms with E-state index in [9.17, 15) is 33.3 Å². The van der Waals surface area contributed by atoms with Gasteiger partial charge < -0.3 is 39.8 Å². The van der Waals surface area contributed by atoms with Crippen molar-refractivity contribution in [3.63, 3.8) is 0 Å². The number of nitrogens with two attached hydrogens (primary N) is 1. The molecule has 4 atom stereocenters. The van der Waals surface area contributed by atoms with E-state index < -0.39 is 54.6 Å². The SMILES string of the molecule is Nc1ncnc2c1ncn2[C@H]1O[C@@H](COP(=O)(O)O)[C@H](OP(=O)(O)O)[C@@H]1OP(=O)(O)O. The molecule has 0 saturated carbocycles. The van der Waals surface area contributed by atoms with Gasteiger partial charge >= 0.3 is 23.5 Å². The number of hydrogen-bond acceptors (Lipinski definition) is 11. The lowest BCUT2D eigenvalue weighted by Gasteiger charge is -2.25. The van der Waals surface area contributed by atoms with E-state index in [1.54, 1.807) is 0 Å². The number of phosphoric acid groups is 3. The van der Waals surface area contributed by atoms with E-state index in [2.05, 4.69) is 28.5 Å². The lowest BCUT2D eigenvalue weighted by molar-refractivity contribution is -0.0496. The van der Waals surface area contributed by atoms with Gasteiger partial charge in [-0.15, -0.1) is 0 Å². The number of rotatable bonds is 8. The zero-order valence-electron chi connectivity index (χ0n) is 14.9. The van der Waals surface area contributed by atoms with Crippen LogP contribution in [0.25, 0.3) is 11.2 Å². The molecule has 0 radical (unpaired) electrons. The summed E-state index contributed by atoms with van der Waals surface area (Å²) in [4.78, 5) is 66.3. The summed E-state index contributed by atoms with van der Waals surface area (Å²) < 4.78 is 54.0. The van der Waals surface area contributed by atoms with Crippen LogP contribution in [0, 0.1) is 0 Å². The first-order valence-electron chi connectivity index (χ1n) is 7.91. The summed E-state index contributed by atoms with van der Waals surface area (Å²) in [6.45, 7) is -0.990. The molecular weight excluding hydrogens is 491 g/mol. The van der Waals surface area contributed by atoms with E-state index in [1.807, 2.05) is 0 Å². The lowest BCUT2D eigenvalue weighted by Crippen LogP contribution is -2.37. The number of aromatic nitrogens is 4. The molecule has 1 aliphatic rings. The summed E-state index contributed by atoms with van der Waals surface area (Å²) in [7, 11) is -15.7. The molecule has 1 saturated heterocycles. The second kappa shape index (κ2) is 8.53. The monoisotopic (exact) mass is 507 g/mol. The summed E-state index contributed by atoms with van der Waals surface area (Å²) in [6.07, 6.45) is -5.04. The second-order valence-corrected chi connectivity index (χ2v) is 9.68. The van der Waals surface area contributed by atoms with Crippen LogP contribution in [0.4, 0.5) is 5.82 Å². The number of imidazole rings is 1. The highest BCUT2D eigenvalue weighted by atomic mass is 31.2. The van der Waals surface area contributed by atoms with Gasteiger partial charge in [-0.05, 0) is 0 Å². The van der Waals surface area contributed by atoms with Crippen molar-refractivity contribution in [1.29, 1.82) is 0 Å². The Hall–Kier alpha value is -1.36. The van der Waals surface area contributed by atoms with Crippen LogP contribution in [0.15, 0.2) is 12.7 Å². The fourth-order valence-electron chi connectivity index (χ4n) is 2.85. The molecule has 3 rings (SSSR count). The topological polar surface area (TPSA) is 279 Å². The largest absolute Gasteiger partial charge is 0.470 e. The molecule has 0 amide bonds. The summed E-state index contributed by atoms with van der Waals surface area (Å²) in [6, 6.07) is 0. The third-order valence-electron chi connectivity index (χ3n) is 3.87.